The zero-order valence-corrected chi connectivity index (χ0v) is 15.8. The Labute approximate surface area is 150 Å². The molecule has 2 aliphatic carbocycles. The third-order valence-electron chi connectivity index (χ3n) is 5.61. The van der Waals surface area contributed by atoms with E-state index in [4.69, 9.17) is 4.74 Å². The molecule has 0 radical (unpaired) electrons. The second-order valence-electron chi connectivity index (χ2n) is 7.46. The van der Waals surface area contributed by atoms with Gasteiger partial charge in [0, 0.05) is 14.1 Å². The van der Waals surface area contributed by atoms with Crippen molar-refractivity contribution in [3.63, 3.8) is 0 Å². The third kappa shape index (κ3) is 4.06. The van der Waals surface area contributed by atoms with Crippen LogP contribution in [0.5, 0.6) is 0 Å². The molecule has 0 heterocycles. The van der Waals surface area contributed by atoms with Crippen LogP contribution in [0.15, 0.2) is 29.2 Å². The number of hydrogen-bond donors (Lipinski definition) is 0. The summed E-state index contributed by atoms with van der Waals surface area (Å²) >= 11 is 0. The molecule has 138 valence electrons. The second-order valence-corrected chi connectivity index (χ2v) is 9.61. The summed E-state index contributed by atoms with van der Waals surface area (Å²) in [5, 5.41) is 0. The number of carbonyl (C=O) groups is 1. The van der Waals surface area contributed by atoms with Gasteiger partial charge in [0.1, 0.15) is 6.10 Å². The lowest BCUT2D eigenvalue weighted by Gasteiger charge is -2.38. The van der Waals surface area contributed by atoms with Gasteiger partial charge < -0.3 is 4.74 Å². The van der Waals surface area contributed by atoms with Crippen LogP contribution in [0, 0.1) is 11.8 Å². The van der Waals surface area contributed by atoms with Crippen molar-refractivity contribution in [2.45, 2.75) is 55.9 Å². The molecule has 6 heteroatoms. The van der Waals surface area contributed by atoms with Gasteiger partial charge in [-0.1, -0.05) is 31.7 Å². The first-order chi connectivity index (χ1) is 11.9. The first kappa shape index (κ1) is 18.4. The van der Waals surface area contributed by atoms with Crippen molar-refractivity contribution in [1.82, 2.24) is 4.31 Å². The quantitative estimate of drug-likeness (QED) is 0.767. The summed E-state index contributed by atoms with van der Waals surface area (Å²) in [7, 11) is -0.606. The molecule has 0 bridgehead atoms. The van der Waals surface area contributed by atoms with E-state index >= 15 is 0 Å². The molecule has 0 N–H and O–H groups in total. The Morgan fingerprint density at radius 2 is 1.80 bits per heavy atom. The number of nitrogens with zero attached hydrogens (tertiary/aromatic N) is 1. The molecule has 0 spiro atoms. The van der Waals surface area contributed by atoms with Gasteiger partial charge >= 0.3 is 5.97 Å². The van der Waals surface area contributed by atoms with E-state index in [1.54, 1.807) is 12.1 Å². The summed E-state index contributed by atoms with van der Waals surface area (Å²) in [4.78, 5) is 12.6. The smallest absolute Gasteiger partial charge is 0.338 e. The summed E-state index contributed by atoms with van der Waals surface area (Å²) in [6.45, 7) is 0. The molecule has 3 rings (SSSR count). The summed E-state index contributed by atoms with van der Waals surface area (Å²) in [6.07, 6.45) is 8.14. The number of ether oxygens (including phenoxy) is 1. The largest absolute Gasteiger partial charge is 0.459 e. The Kier molecular flexibility index (Phi) is 5.49. The summed E-state index contributed by atoms with van der Waals surface area (Å²) in [5.74, 6) is 1.06. The van der Waals surface area contributed by atoms with Gasteiger partial charge in [-0.2, -0.15) is 0 Å². The highest BCUT2D eigenvalue weighted by atomic mass is 32.2. The van der Waals surface area contributed by atoms with Crippen LogP contribution in [0.2, 0.25) is 0 Å². The Morgan fingerprint density at radius 3 is 2.52 bits per heavy atom. The van der Waals surface area contributed by atoms with Crippen LogP contribution in [-0.4, -0.2) is 38.9 Å². The minimum absolute atomic E-state index is 0.0408. The summed E-state index contributed by atoms with van der Waals surface area (Å²) in [6, 6.07) is 6.11. The Morgan fingerprint density at radius 1 is 1.08 bits per heavy atom. The van der Waals surface area contributed by atoms with Crippen molar-refractivity contribution in [2.24, 2.45) is 11.8 Å². The molecule has 3 atom stereocenters. The van der Waals surface area contributed by atoms with E-state index in [1.807, 2.05) is 0 Å². The fourth-order valence-electron chi connectivity index (χ4n) is 4.15. The molecule has 0 aliphatic heterocycles. The predicted molar refractivity (Wildman–Crippen MR) is 95.8 cm³/mol. The lowest BCUT2D eigenvalue weighted by atomic mass is 9.70. The maximum Gasteiger partial charge on any atom is 0.338 e. The lowest BCUT2D eigenvalue weighted by molar-refractivity contribution is -0.000947. The SMILES string of the molecule is CN(C)S(=O)(=O)c1cccc(C(=O)O[C@@H]2CC[C@H]3CCCC[C@@H]3C2)c1. The maximum absolute atomic E-state index is 12.5. The normalized spacial score (nSPS) is 26.9. The second kappa shape index (κ2) is 7.46. The van der Waals surface area contributed by atoms with Crippen molar-refractivity contribution < 1.29 is 17.9 Å². The van der Waals surface area contributed by atoms with Crippen molar-refractivity contribution in [2.75, 3.05) is 14.1 Å². The van der Waals surface area contributed by atoms with E-state index in [-0.39, 0.29) is 11.0 Å². The van der Waals surface area contributed by atoms with E-state index in [1.165, 1.54) is 51.9 Å². The van der Waals surface area contributed by atoms with E-state index < -0.39 is 16.0 Å². The Bertz CT molecular complexity index is 729. The van der Waals surface area contributed by atoms with Crippen LogP contribution in [0.1, 0.15) is 55.3 Å². The molecule has 0 aromatic heterocycles. The van der Waals surface area contributed by atoms with Crippen LogP contribution in [0.25, 0.3) is 0 Å². The minimum atomic E-state index is -3.56. The van der Waals surface area contributed by atoms with Gasteiger partial charge in [-0.25, -0.2) is 17.5 Å². The predicted octanol–water partition coefficient (Wildman–Crippen LogP) is 3.45. The highest BCUT2D eigenvalue weighted by Crippen LogP contribution is 2.41. The first-order valence-corrected chi connectivity index (χ1v) is 10.6. The van der Waals surface area contributed by atoms with Gasteiger partial charge in [0.2, 0.25) is 10.0 Å². The number of rotatable bonds is 4. The summed E-state index contributed by atoms with van der Waals surface area (Å²) < 4.78 is 31.3. The van der Waals surface area contributed by atoms with Gasteiger partial charge in [0.15, 0.2) is 0 Å². The van der Waals surface area contributed by atoms with Gasteiger partial charge in [-0.15, -0.1) is 0 Å². The zero-order chi connectivity index (χ0) is 18.0. The maximum atomic E-state index is 12.5. The molecule has 1 aromatic rings. The fraction of sp³-hybridized carbons (Fsp3) is 0.632. The van der Waals surface area contributed by atoms with Gasteiger partial charge in [0.25, 0.3) is 0 Å². The molecule has 2 fully saturated rings. The molecule has 2 saturated carbocycles. The van der Waals surface area contributed by atoms with Crippen molar-refractivity contribution in [3.8, 4) is 0 Å². The molecular formula is C19H27NO4S. The topological polar surface area (TPSA) is 63.7 Å². The number of benzene rings is 1. The van der Waals surface area contributed by atoms with Crippen molar-refractivity contribution in [1.29, 1.82) is 0 Å². The average Bonchev–Trinajstić information content (AvgIpc) is 2.61. The van der Waals surface area contributed by atoms with E-state index in [2.05, 4.69) is 0 Å². The standard InChI is InChI=1S/C19H27NO4S/c1-20(2)25(22,23)18-9-5-8-16(13-18)19(21)24-17-11-10-14-6-3-4-7-15(14)12-17/h5,8-9,13-15,17H,3-4,6-7,10-12H2,1-2H3/t14-,15-,17-/m1/s1. The van der Waals surface area contributed by atoms with E-state index in [0.717, 1.165) is 29.5 Å². The van der Waals surface area contributed by atoms with Gasteiger partial charge in [-0.3, -0.25) is 0 Å². The lowest BCUT2D eigenvalue weighted by Crippen LogP contribution is -2.33. The average molecular weight is 365 g/mol. The number of fused-ring (bicyclic) bond motifs is 1. The van der Waals surface area contributed by atoms with Crippen LogP contribution in [0.4, 0.5) is 0 Å². The Hall–Kier alpha value is -1.40. The monoisotopic (exact) mass is 365 g/mol. The van der Waals surface area contributed by atoms with Crippen LogP contribution in [-0.2, 0) is 14.8 Å². The molecule has 0 saturated heterocycles. The minimum Gasteiger partial charge on any atom is -0.459 e. The van der Waals surface area contributed by atoms with Gasteiger partial charge in [-0.05, 0) is 49.3 Å². The number of hydrogen-bond acceptors (Lipinski definition) is 4. The van der Waals surface area contributed by atoms with Crippen molar-refractivity contribution >= 4 is 16.0 Å². The number of sulfonamides is 1. The molecule has 0 amide bonds. The van der Waals surface area contributed by atoms with E-state index in [0.29, 0.717) is 11.5 Å². The van der Waals surface area contributed by atoms with Crippen LogP contribution >= 0.6 is 0 Å². The molecular weight excluding hydrogens is 338 g/mol. The molecule has 2 aliphatic rings. The first-order valence-electron chi connectivity index (χ1n) is 9.11. The molecule has 5 nitrogen and oxygen atoms in total. The number of carbonyl (C=O) groups excluding carboxylic acids is 1. The van der Waals surface area contributed by atoms with Crippen molar-refractivity contribution in [3.05, 3.63) is 29.8 Å². The number of esters is 1. The van der Waals surface area contributed by atoms with Gasteiger partial charge in [0.05, 0.1) is 10.5 Å². The molecule has 25 heavy (non-hydrogen) atoms. The van der Waals surface area contributed by atoms with Crippen LogP contribution < -0.4 is 0 Å². The Balaban J connectivity index is 1.68. The third-order valence-corrected chi connectivity index (χ3v) is 7.42. The molecule has 1 aromatic carbocycles. The van der Waals surface area contributed by atoms with E-state index in [9.17, 15) is 13.2 Å². The fourth-order valence-corrected chi connectivity index (χ4v) is 5.10. The highest BCUT2D eigenvalue weighted by Gasteiger charge is 2.34. The highest BCUT2D eigenvalue weighted by molar-refractivity contribution is 7.89. The summed E-state index contributed by atoms with van der Waals surface area (Å²) in [5.41, 5.74) is 0.300. The zero-order valence-electron chi connectivity index (χ0n) is 15.0. The molecule has 0 unspecified atom stereocenters. The van der Waals surface area contributed by atoms with Crippen LogP contribution in [0.3, 0.4) is 0 Å².